The van der Waals surface area contributed by atoms with Gasteiger partial charge in [0.1, 0.15) is 0 Å². The Morgan fingerprint density at radius 1 is 1.50 bits per heavy atom. The third-order valence-corrected chi connectivity index (χ3v) is 1.77. The van der Waals surface area contributed by atoms with Crippen molar-refractivity contribution in [1.29, 1.82) is 0 Å². The van der Waals surface area contributed by atoms with Crippen molar-refractivity contribution in [3.05, 3.63) is 12.2 Å². The maximum absolute atomic E-state index is 11.2. The highest BCUT2D eigenvalue weighted by molar-refractivity contribution is 5.74. The van der Waals surface area contributed by atoms with Crippen LogP contribution in [-0.2, 0) is 9.53 Å². The number of esters is 1. The van der Waals surface area contributed by atoms with Crippen LogP contribution in [0.3, 0.4) is 0 Å². The number of rotatable bonds is 4. The van der Waals surface area contributed by atoms with E-state index in [4.69, 9.17) is 0 Å². The number of ether oxygens (including phenoxy) is 1. The molecule has 0 aliphatic rings. The Hall–Kier alpha value is -0.790. The molecule has 0 bridgehead atoms. The molecule has 1 atom stereocenters. The van der Waals surface area contributed by atoms with Crippen molar-refractivity contribution in [3.8, 4) is 0 Å². The van der Waals surface area contributed by atoms with Gasteiger partial charge in [-0.1, -0.05) is 32.9 Å². The van der Waals surface area contributed by atoms with Crippen LogP contribution in [0.25, 0.3) is 0 Å². The summed E-state index contributed by atoms with van der Waals surface area (Å²) < 4.78 is 4.68. The Labute approximate surface area is 74.6 Å². The van der Waals surface area contributed by atoms with Crippen LogP contribution in [-0.4, -0.2) is 13.1 Å². The molecule has 0 saturated heterocycles. The van der Waals surface area contributed by atoms with Crippen molar-refractivity contribution in [2.45, 2.75) is 27.2 Å². The fourth-order valence-corrected chi connectivity index (χ4v) is 0.992. The van der Waals surface area contributed by atoms with Gasteiger partial charge >= 0.3 is 5.97 Å². The lowest BCUT2D eigenvalue weighted by molar-refractivity contribution is -0.145. The van der Waals surface area contributed by atoms with Gasteiger partial charge in [-0.2, -0.15) is 0 Å². The molecule has 0 N–H and O–H groups in total. The largest absolute Gasteiger partial charge is 0.469 e. The van der Waals surface area contributed by atoms with Crippen molar-refractivity contribution in [3.63, 3.8) is 0 Å². The summed E-state index contributed by atoms with van der Waals surface area (Å²) in [5, 5.41) is 0. The fourth-order valence-electron chi connectivity index (χ4n) is 0.992. The van der Waals surface area contributed by atoms with E-state index in [0.29, 0.717) is 5.92 Å². The Morgan fingerprint density at radius 3 is 2.42 bits per heavy atom. The highest BCUT2D eigenvalue weighted by Crippen LogP contribution is 2.14. The highest BCUT2D eigenvalue weighted by atomic mass is 16.5. The molecule has 2 heteroatoms. The molecule has 12 heavy (non-hydrogen) atoms. The molecule has 0 aromatic rings. The summed E-state index contributed by atoms with van der Waals surface area (Å²) in [6, 6.07) is 0. The molecular formula is C10H18O2. The van der Waals surface area contributed by atoms with Crippen LogP contribution in [0.4, 0.5) is 0 Å². The fraction of sp³-hybridized carbons (Fsp3) is 0.700. The van der Waals surface area contributed by atoms with Crippen molar-refractivity contribution in [2.75, 3.05) is 7.11 Å². The number of allylic oxidation sites excluding steroid dienone is 1. The second-order valence-electron chi connectivity index (χ2n) is 3.13. The van der Waals surface area contributed by atoms with Crippen molar-refractivity contribution >= 4 is 5.97 Å². The Kier molecular flexibility index (Phi) is 5.43. The zero-order valence-electron chi connectivity index (χ0n) is 8.33. The van der Waals surface area contributed by atoms with Crippen LogP contribution in [0.2, 0.25) is 0 Å². The zero-order valence-corrected chi connectivity index (χ0v) is 8.33. The molecular weight excluding hydrogens is 152 g/mol. The van der Waals surface area contributed by atoms with Gasteiger partial charge in [0.15, 0.2) is 0 Å². The van der Waals surface area contributed by atoms with E-state index >= 15 is 0 Å². The molecule has 2 nitrogen and oxygen atoms in total. The van der Waals surface area contributed by atoms with Gasteiger partial charge in [0, 0.05) is 0 Å². The molecule has 0 saturated carbocycles. The minimum Gasteiger partial charge on any atom is -0.469 e. The molecule has 0 aromatic carbocycles. The molecule has 1 unspecified atom stereocenters. The minimum absolute atomic E-state index is 0.0880. The average molecular weight is 170 g/mol. The quantitative estimate of drug-likeness (QED) is 0.478. The first-order valence-corrected chi connectivity index (χ1v) is 4.38. The first-order valence-electron chi connectivity index (χ1n) is 4.38. The van der Waals surface area contributed by atoms with Gasteiger partial charge in [0.25, 0.3) is 0 Å². The second kappa shape index (κ2) is 5.81. The molecule has 0 heterocycles. The van der Waals surface area contributed by atoms with Crippen LogP contribution in [0.1, 0.15) is 27.2 Å². The maximum Gasteiger partial charge on any atom is 0.312 e. The third kappa shape index (κ3) is 3.56. The molecule has 0 aliphatic carbocycles. The van der Waals surface area contributed by atoms with E-state index in [1.807, 2.05) is 32.9 Å². The van der Waals surface area contributed by atoms with Gasteiger partial charge in [0.05, 0.1) is 13.0 Å². The average Bonchev–Trinajstić information content (AvgIpc) is 2.04. The summed E-state index contributed by atoms with van der Waals surface area (Å²) >= 11 is 0. The monoisotopic (exact) mass is 170 g/mol. The molecule has 0 rings (SSSR count). The zero-order chi connectivity index (χ0) is 9.56. The van der Waals surface area contributed by atoms with Crippen LogP contribution < -0.4 is 0 Å². The summed E-state index contributed by atoms with van der Waals surface area (Å²) in [7, 11) is 1.43. The molecule has 0 fully saturated rings. The predicted octanol–water partition coefficient (Wildman–Crippen LogP) is 2.40. The van der Waals surface area contributed by atoms with E-state index < -0.39 is 0 Å². The molecule has 70 valence electrons. The number of methoxy groups -OCH3 is 1. The minimum atomic E-state index is -0.144. The topological polar surface area (TPSA) is 26.3 Å². The van der Waals surface area contributed by atoms with Gasteiger partial charge in [-0.05, 0) is 12.3 Å². The van der Waals surface area contributed by atoms with Gasteiger partial charge in [-0.15, -0.1) is 0 Å². The summed E-state index contributed by atoms with van der Waals surface area (Å²) in [4.78, 5) is 11.2. The first-order chi connectivity index (χ1) is 5.63. The van der Waals surface area contributed by atoms with E-state index in [1.165, 1.54) is 7.11 Å². The summed E-state index contributed by atoms with van der Waals surface area (Å²) in [6.45, 7) is 6.08. The second-order valence-corrected chi connectivity index (χ2v) is 3.13. The number of carbonyl (C=O) groups is 1. The lowest BCUT2D eigenvalue weighted by atomic mass is 9.95. The first kappa shape index (κ1) is 11.2. The van der Waals surface area contributed by atoms with Gasteiger partial charge in [-0.25, -0.2) is 0 Å². The van der Waals surface area contributed by atoms with E-state index in [0.717, 1.165) is 6.42 Å². The Bertz CT molecular complexity index is 159. The summed E-state index contributed by atoms with van der Waals surface area (Å²) in [5.74, 6) is 0.0740. The molecule has 0 radical (unpaired) electrons. The van der Waals surface area contributed by atoms with Crippen molar-refractivity contribution in [2.24, 2.45) is 11.8 Å². The van der Waals surface area contributed by atoms with E-state index in [-0.39, 0.29) is 11.9 Å². The smallest absolute Gasteiger partial charge is 0.312 e. The standard InChI is InChI=1S/C10H18O2/c1-5-6-7-9(8(2)3)10(11)12-4/h6-9H,5H2,1-4H3/b7-6+. The van der Waals surface area contributed by atoms with Crippen LogP contribution >= 0.6 is 0 Å². The third-order valence-electron chi connectivity index (χ3n) is 1.77. The summed E-state index contributed by atoms with van der Waals surface area (Å²) in [6.07, 6.45) is 4.89. The van der Waals surface area contributed by atoms with Gasteiger partial charge < -0.3 is 4.74 Å². The number of hydrogen-bond acceptors (Lipinski definition) is 2. The van der Waals surface area contributed by atoms with Crippen LogP contribution in [0.15, 0.2) is 12.2 Å². The van der Waals surface area contributed by atoms with E-state index in [9.17, 15) is 4.79 Å². The molecule has 0 amide bonds. The van der Waals surface area contributed by atoms with E-state index in [2.05, 4.69) is 4.74 Å². The lowest BCUT2D eigenvalue weighted by Crippen LogP contribution is -2.19. The summed E-state index contributed by atoms with van der Waals surface area (Å²) in [5.41, 5.74) is 0. The van der Waals surface area contributed by atoms with E-state index in [1.54, 1.807) is 0 Å². The predicted molar refractivity (Wildman–Crippen MR) is 49.8 cm³/mol. The van der Waals surface area contributed by atoms with Crippen molar-refractivity contribution < 1.29 is 9.53 Å². The van der Waals surface area contributed by atoms with Gasteiger partial charge in [-0.3, -0.25) is 4.79 Å². The maximum atomic E-state index is 11.2. The lowest BCUT2D eigenvalue weighted by Gasteiger charge is -2.13. The Morgan fingerprint density at radius 2 is 2.08 bits per heavy atom. The molecule has 0 spiro atoms. The molecule has 0 aliphatic heterocycles. The number of carbonyl (C=O) groups excluding carboxylic acids is 1. The Balaban J connectivity index is 4.23. The normalized spacial score (nSPS) is 13.8. The molecule has 0 aromatic heterocycles. The van der Waals surface area contributed by atoms with Crippen molar-refractivity contribution in [1.82, 2.24) is 0 Å². The van der Waals surface area contributed by atoms with Crippen LogP contribution in [0.5, 0.6) is 0 Å². The van der Waals surface area contributed by atoms with Crippen LogP contribution in [0, 0.1) is 11.8 Å². The SMILES string of the molecule is CC/C=C/C(C(=O)OC)C(C)C. The van der Waals surface area contributed by atoms with Gasteiger partial charge in [0.2, 0.25) is 0 Å². The number of hydrogen-bond donors (Lipinski definition) is 0. The highest BCUT2D eigenvalue weighted by Gasteiger charge is 2.18.